The molecule has 0 aliphatic carbocycles. The minimum absolute atomic E-state index is 0.481. The molecule has 0 amide bonds. The number of anilines is 2. The maximum absolute atomic E-state index is 6.17. The van der Waals surface area contributed by atoms with Gasteiger partial charge in [-0.25, -0.2) is 9.97 Å². The molecule has 0 saturated carbocycles. The Morgan fingerprint density at radius 1 is 0.973 bits per heavy atom. The first-order chi connectivity index (χ1) is 18.2. The van der Waals surface area contributed by atoms with Crippen molar-refractivity contribution in [3.05, 3.63) is 54.2 Å². The number of methoxy groups -OCH3 is 1. The summed E-state index contributed by atoms with van der Waals surface area (Å²) in [6, 6.07) is 13.8. The highest BCUT2D eigenvalue weighted by molar-refractivity contribution is 5.66. The normalized spacial score (nSPS) is 14.2. The van der Waals surface area contributed by atoms with Crippen LogP contribution >= 0.6 is 0 Å². The number of rotatable bonds is 7. The van der Waals surface area contributed by atoms with Crippen molar-refractivity contribution >= 4 is 11.6 Å². The highest BCUT2D eigenvalue weighted by Gasteiger charge is 2.12. The number of benzene rings is 2. The monoisotopic (exact) mass is 506 g/mol. The van der Waals surface area contributed by atoms with Crippen molar-refractivity contribution in [3.63, 3.8) is 0 Å². The second kappa shape index (κ2) is 13.8. The van der Waals surface area contributed by atoms with E-state index < -0.39 is 0 Å². The van der Waals surface area contributed by atoms with Crippen LogP contribution in [0.2, 0.25) is 0 Å². The van der Waals surface area contributed by atoms with Crippen LogP contribution in [0.1, 0.15) is 38.7 Å². The fraction of sp³-hybridized carbons (Fsp3) is 0.448. The molecule has 8 nitrogen and oxygen atoms in total. The fourth-order valence-electron chi connectivity index (χ4n) is 4.24. The maximum Gasteiger partial charge on any atom is 0.227 e. The molecule has 1 aromatic heterocycles. The standard InChI is InChI=1S/C29H38N4O4/c1-4-33(5-2)15-18-37-26-12-10-24-19-23(26)21-35-16-7-6-8-17-36-28-20-22(9-11-27(28)34-3)25-13-14-30-29(31-24)32-25/h9-14,19-20H,4-8,15-18,21H2,1-3H3,(H,30,31,32). The van der Waals surface area contributed by atoms with Crippen LogP contribution in [0.4, 0.5) is 11.6 Å². The van der Waals surface area contributed by atoms with Gasteiger partial charge in [-0.05, 0) is 74.8 Å². The fourth-order valence-corrected chi connectivity index (χ4v) is 4.24. The lowest BCUT2D eigenvalue weighted by atomic mass is 10.1. The third-order valence-electron chi connectivity index (χ3n) is 6.44. The van der Waals surface area contributed by atoms with E-state index >= 15 is 0 Å². The van der Waals surface area contributed by atoms with Gasteiger partial charge in [0.25, 0.3) is 0 Å². The molecule has 37 heavy (non-hydrogen) atoms. The molecule has 0 saturated heterocycles. The smallest absolute Gasteiger partial charge is 0.227 e. The zero-order valence-corrected chi connectivity index (χ0v) is 22.2. The molecular weight excluding hydrogens is 468 g/mol. The van der Waals surface area contributed by atoms with Crippen LogP contribution < -0.4 is 19.5 Å². The van der Waals surface area contributed by atoms with E-state index in [0.29, 0.717) is 43.9 Å². The van der Waals surface area contributed by atoms with Crippen LogP contribution in [0.5, 0.6) is 17.2 Å². The molecule has 0 atom stereocenters. The summed E-state index contributed by atoms with van der Waals surface area (Å²) in [5.41, 5.74) is 3.62. The molecule has 1 aliphatic rings. The number of nitrogens with zero attached hydrogens (tertiary/aromatic N) is 3. The number of nitrogens with one attached hydrogen (secondary N) is 1. The SMILES string of the molecule is CCN(CC)CCOc1ccc2cc1COCCCCCOc1cc(ccc1OC)-c1ccnc(n1)N2. The van der Waals surface area contributed by atoms with Gasteiger partial charge in [0.2, 0.25) is 5.95 Å². The Morgan fingerprint density at radius 3 is 2.65 bits per heavy atom. The van der Waals surface area contributed by atoms with Gasteiger partial charge in [0.05, 0.1) is 26.0 Å². The zero-order chi connectivity index (χ0) is 25.9. The second-order valence-corrected chi connectivity index (χ2v) is 8.92. The van der Waals surface area contributed by atoms with Crippen molar-refractivity contribution < 1.29 is 18.9 Å². The first-order valence-corrected chi connectivity index (χ1v) is 13.2. The highest BCUT2D eigenvalue weighted by atomic mass is 16.5. The number of fused-ring (bicyclic) bond motifs is 7. The minimum Gasteiger partial charge on any atom is -0.493 e. The number of hydrogen-bond donors (Lipinski definition) is 1. The average Bonchev–Trinajstić information content (AvgIpc) is 2.93. The summed E-state index contributed by atoms with van der Waals surface area (Å²) < 4.78 is 23.8. The van der Waals surface area contributed by atoms with Crippen LogP contribution in [0.3, 0.4) is 0 Å². The molecule has 6 bridgehead atoms. The van der Waals surface area contributed by atoms with Crippen molar-refractivity contribution in [2.45, 2.75) is 39.7 Å². The molecule has 0 fully saturated rings. The predicted molar refractivity (Wildman–Crippen MR) is 146 cm³/mol. The lowest BCUT2D eigenvalue weighted by molar-refractivity contribution is 0.113. The molecule has 4 rings (SSSR count). The summed E-state index contributed by atoms with van der Waals surface area (Å²) in [4.78, 5) is 11.5. The quantitative estimate of drug-likeness (QED) is 0.438. The molecule has 0 unspecified atom stereocenters. The molecule has 2 heterocycles. The number of aromatic nitrogens is 2. The highest BCUT2D eigenvalue weighted by Crippen LogP contribution is 2.33. The van der Waals surface area contributed by atoms with Crippen LogP contribution in [0, 0.1) is 0 Å². The summed E-state index contributed by atoms with van der Waals surface area (Å²) in [5.74, 6) is 2.78. The largest absolute Gasteiger partial charge is 0.493 e. The van der Waals surface area contributed by atoms with Crippen LogP contribution in [0.25, 0.3) is 11.3 Å². The molecule has 3 aromatic rings. The van der Waals surface area contributed by atoms with Crippen LogP contribution in [-0.4, -0.2) is 61.4 Å². The number of ether oxygens (including phenoxy) is 4. The van der Waals surface area contributed by atoms with E-state index in [0.717, 1.165) is 67.2 Å². The van der Waals surface area contributed by atoms with Crippen LogP contribution in [0.15, 0.2) is 48.7 Å². The van der Waals surface area contributed by atoms with Gasteiger partial charge in [-0.15, -0.1) is 0 Å². The lowest BCUT2D eigenvalue weighted by Gasteiger charge is -2.19. The zero-order valence-electron chi connectivity index (χ0n) is 22.2. The summed E-state index contributed by atoms with van der Waals surface area (Å²) in [6.45, 7) is 9.67. The molecule has 1 aliphatic heterocycles. The molecule has 0 radical (unpaired) electrons. The topological polar surface area (TPSA) is 78.0 Å². The molecule has 198 valence electrons. The van der Waals surface area contributed by atoms with E-state index in [1.165, 1.54) is 0 Å². The third kappa shape index (κ3) is 7.57. The minimum atomic E-state index is 0.481. The van der Waals surface area contributed by atoms with Gasteiger partial charge in [0.15, 0.2) is 11.5 Å². The first kappa shape index (κ1) is 26.7. The molecular formula is C29H38N4O4. The Hall–Kier alpha value is -3.36. The average molecular weight is 507 g/mol. The third-order valence-corrected chi connectivity index (χ3v) is 6.44. The van der Waals surface area contributed by atoms with Gasteiger partial charge in [-0.1, -0.05) is 13.8 Å². The number of hydrogen-bond acceptors (Lipinski definition) is 8. The number of likely N-dealkylation sites (N-methyl/N-ethyl adjacent to an activating group) is 1. The molecule has 8 heteroatoms. The van der Waals surface area contributed by atoms with Crippen molar-refractivity contribution in [1.29, 1.82) is 0 Å². The predicted octanol–water partition coefficient (Wildman–Crippen LogP) is 5.70. The summed E-state index contributed by atoms with van der Waals surface area (Å²) >= 11 is 0. The first-order valence-electron chi connectivity index (χ1n) is 13.2. The molecule has 0 spiro atoms. The van der Waals surface area contributed by atoms with Crippen LogP contribution in [-0.2, 0) is 11.3 Å². The Bertz CT molecular complexity index is 1140. The Labute approximate surface area is 219 Å². The van der Waals surface area contributed by atoms with Gasteiger partial charge in [0.1, 0.15) is 12.4 Å². The summed E-state index contributed by atoms with van der Waals surface area (Å²) in [6.07, 6.45) is 4.68. The van der Waals surface area contributed by atoms with Gasteiger partial charge in [0, 0.05) is 36.2 Å². The summed E-state index contributed by atoms with van der Waals surface area (Å²) in [5, 5.41) is 3.34. The lowest BCUT2D eigenvalue weighted by Crippen LogP contribution is -2.28. The van der Waals surface area contributed by atoms with E-state index in [2.05, 4.69) is 35.1 Å². The van der Waals surface area contributed by atoms with E-state index in [1.807, 2.05) is 36.4 Å². The van der Waals surface area contributed by atoms with Crippen molar-refractivity contribution in [2.75, 3.05) is 51.9 Å². The second-order valence-electron chi connectivity index (χ2n) is 8.92. The Kier molecular flexibility index (Phi) is 9.97. The maximum atomic E-state index is 6.17. The van der Waals surface area contributed by atoms with Gasteiger partial charge < -0.3 is 29.2 Å². The van der Waals surface area contributed by atoms with Crippen molar-refractivity contribution in [1.82, 2.24) is 14.9 Å². The van der Waals surface area contributed by atoms with E-state index in [4.69, 9.17) is 23.9 Å². The summed E-state index contributed by atoms with van der Waals surface area (Å²) in [7, 11) is 1.65. The Balaban J connectivity index is 1.58. The molecule has 1 N–H and O–H groups in total. The molecule has 2 aromatic carbocycles. The van der Waals surface area contributed by atoms with E-state index in [9.17, 15) is 0 Å². The van der Waals surface area contributed by atoms with Crippen molar-refractivity contribution in [2.24, 2.45) is 0 Å². The van der Waals surface area contributed by atoms with E-state index in [-0.39, 0.29) is 0 Å². The van der Waals surface area contributed by atoms with Gasteiger partial charge >= 0.3 is 0 Å². The Morgan fingerprint density at radius 2 is 1.81 bits per heavy atom. The van der Waals surface area contributed by atoms with Gasteiger partial charge in [-0.2, -0.15) is 0 Å². The van der Waals surface area contributed by atoms with Crippen molar-refractivity contribution in [3.8, 4) is 28.5 Å². The van der Waals surface area contributed by atoms with E-state index in [1.54, 1.807) is 13.3 Å². The van der Waals surface area contributed by atoms with Gasteiger partial charge in [-0.3, -0.25) is 0 Å².